The normalized spacial score (nSPS) is 10.4. The second-order valence-electron chi connectivity index (χ2n) is 3.17. The molecule has 0 fully saturated rings. The summed E-state index contributed by atoms with van der Waals surface area (Å²) in [6.45, 7) is 2.85. The van der Waals surface area contributed by atoms with E-state index in [-0.39, 0.29) is 6.54 Å². The molecular formula is C11H13N3O2. The summed E-state index contributed by atoms with van der Waals surface area (Å²) in [5, 5.41) is 3.83. The maximum absolute atomic E-state index is 5.39. The van der Waals surface area contributed by atoms with Gasteiger partial charge in [-0.2, -0.15) is 4.98 Å². The van der Waals surface area contributed by atoms with Gasteiger partial charge in [0.1, 0.15) is 5.75 Å². The van der Waals surface area contributed by atoms with Crippen molar-refractivity contribution >= 4 is 0 Å². The fourth-order valence-electron chi connectivity index (χ4n) is 1.32. The van der Waals surface area contributed by atoms with Gasteiger partial charge in [0.25, 0.3) is 0 Å². The Morgan fingerprint density at radius 3 is 2.62 bits per heavy atom. The number of benzene rings is 1. The molecule has 2 rings (SSSR count). The quantitative estimate of drug-likeness (QED) is 0.845. The lowest BCUT2D eigenvalue weighted by Crippen LogP contribution is -1.95. The molecule has 0 unspecified atom stereocenters. The first-order valence-corrected chi connectivity index (χ1v) is 5.09. The summed E-state index contributed by atoms with van der Waals surface area (Å²) in [5.41, 5.74) is 6.27. The molecule has 0 aliphatic rings. The van der Waals surface area contributed by atoms with Crippen LogP contribution < -0.4 is 10.5 Å². The predicted molar refractivity (Wildman–Crippen MR) is 58.8 cm³/mol. The van der Waals surface area contributed by atoms with Gasteiger partial charge in [-0.25, -0.2) is 0 Å². The van der Waals surface area contributed by atoms with Crippen LogP contribution in [-0.4, -0.2) is 16.7 Å². The Kier molecular flexibility index (Phi) is 3.16. The molecule has 0 saturated carbocycles. The summed E-state index contributed by atoms with van der Waals surface area (Å²) in [6, 6.07) is 7.51. The number of rotatable bonds is 4. The van der Waals surface area contributed by atoms with Crippen molar-refractivity contribution in [3.8, 4) is 17.1 Å². The van der Waals surface area contributed by atoms with Crippen molar-refractivity contribution in [3.63, 3.8) is 0 Å². The van der Waals surface area contributed by atoms with E-state index in [9.17, 15) is 0 Å². The molecule has 0 amide bonds. The van der Waals surface area contributed by atoms with E-state index in [0.29, 0.717) is 18.3 Å². The van der Waals surface area contributed by atoms with Crippen LogP contribution in [-0.2, 0) is 6.54 Å². The Balaban J connectivity index is 2.20. The maximum Gasteiger partial charge on any atom is 0.240 e. The molecule has 2 N–H and O–H groups in total. The fourth-order valence-corrected chi connectivity index (χ4v) is 1.32. The zero-order valence-corrected chi connectivity index (χ0v) is 9.01. The standard InChI is InChI=1S/C11H13N3O2/c1-2-15-9-5-3-8(4-6-9)11-13-10(7-12)16-14-11/h3-6H,2,7,12H2,1H3. The van der Waals surface area contributed by atoms with Crippen molar-refractivity contribution in [2.45, 2.75) is 13.5 Å². The summed E-state index contributed by atoms with van der Waals surface area (Å²) in [7, 11) is 0. The van der Waals surface area contributed by atoms with Crippen LogP contribution in [0, 0.1) is 0 Å². The van der Waals surface area contributed by atoms with Crippen molar-refractivity contribution in [1.29, 1.82) is 0 Å². The van der Waals surface area contributed by atoms with Gasteiger partial charge in [0, 0.05) is 5.56 Å². The third-order valence-corrected chi connectivity index (χ3v) is 2.07. The van der Waals surface area contributed by atoms with E-state index in [1.165, 1.54) is 0 Å². The van der Waals surface area contributed by atoms with Crippen molar-refractivity contribution in [1.82, 2.24) is 10.1 Å². The number of ether oxygens (including phenoxy) is 1. The van der Waals surface area contributed by atoms with Gasteiger partial charge in [-0.05, 0) is 31.2 Å². The van der Waals surface area contributed by atoms with E-state index in [4.69, 9.17) is 15.0 Å². The first-order chi connectivity index (χ1) is 7.83. The molecule has 1 heterocycles. The number of nitrogens with zero attached hydrogens (tertiary/aromatic N) is 2. The van der Waals surface area contributed by atoms with Gasteiger partial charge in [0.15, 0.2) is 0 Å². The minimum Gasteiger partial charge on any atom is -0.494 e. The highest BCUT2D eigenvalue weighted by Gasteiger charge is 2.06. The molecule has 1 aromatic heterocycles. The van der Waals surface area contributed by atoms with Crippen LogP contribution >= 0.6 is 0 Å². The van der Waals surface area contributed by atoms with Crippen LogP contribution in [0.5, 0.6) is 5.75 Å². The van der Waals surface area contributed by atoms with Crippen LogP contribution in [0.2, 0.25) is 0 Å². The van der Waals surface area contributed by atoms with E-state index in [1.54, 1.807) is 0 Å². The molecule has 0 aliphatic carbocycles. The van der Waals surface area contributed by atoms with Gasteiger partial charge in [-0.1, -0.05) is 5.16 Å². The van der Waals surface area contributed by atoms with Gasteiger partial charge in [0.05, 0.1) is 13.2 Å². The van der Waals surface area contributed by atoms with Gasteiger partial charge >= 0.3 is 0 Å². The van der Waals surface area contributed by atoms with Gasteiger partial charge in [0.2, 0.25) is 11.7 Å². The lowest BCUT2D eigenvalue weighted by atomic mass is 10.2. The third-order valence-electron chi connectivity index (χ3n) is 2.07. The van der Waals surface area contributed by atoms with E-state index < -0.39 is 0 Å². The van der Waals surface area contributed by atoms with E-state index in [0.717, 1.165) is 11.3 Å². The van der Waals surface area contributed by atoms with E-state index in [1.807, 2.05) is 31.2 Å². The number of aromatic nitrogens is 2. The van der Waals surface area contributed by atoms with Crippen LogP contribution in [0.25, 0.3) is 11.4 Å². The second kappa shape index (κ2) is 4.76. The topological polar surface area (TPSA) is 74.2 Å². The first kappa shape index (κ1) is 10.6. The van der Waals surface area contributed by atoms with Crippen LogP contribution in [0.1, 0.15) is 12.8 Å². The predicted octanol–water partition coefficient (Wildman–Crippen LogP) is 1.59. The molecular weight excluding hydrogens is 206 g/mol. The molecule has 84 valence electrons. The molecule has 2 aromatic rings. The fraction of sp³-hybridized carbons (Fsp3) is 0.273. The third kappa shape index (κ3) is 2.20. The summed E-state index contributed by atoms with van der Waals surface area (Å²) in [6.07, 6.45) is 0. The minimum atomic E-state index is 0.254. The van der Waals surface area contributed by atoms with Crippen LogP contribution in [0.3, 0.4) is 0 Å². The Morgan fingerprint density at radius 2 is 2.06 bits per heavy atom. The van der Waals surface area contributed by atoms with Gasteiger partial charge < -0.3 is 15.0 Å². The molecule has 5 nitrogen and oxygen atoms in total. The van der Waals surface area contributed by atoms with Crippen molar-refractivity contribution in [2.75, 3.05) is 6.61 Å². The number of hydrogen-bond acceptors (Lipinski definition) is 5. The van der Waals surface area contributed by atoms with Gasteiger partial charge in [-0.3, -0.25) is 0 Å². The van der Waals surface area contributed by atoms with E-state index in [2.05, 4.69) is 10.1 Å². The monoisotopic (exact) mass is 219 g/mol. The Labute approximate surface area is 93.2 Å². The zero-order valence-electron chi connectivity index (χ0n) is 9.01. The van der Waals surface area contributed by atoms with Crippen LogP contribution in [0.15, 0.2) is 28.8 Å². The first-order valence-electron chi connectivity index (χ1n) is 5.09. The lowest BCUT2D eigenvalue weighted by molar-refractivity contribution is 0.340. The SMILES string of the molecule is CCOc1ccc(-c2noc(CN)n2)cc1. The summed E-state index contributed by atoms with van der Waals surface area (Å²) in [4.78, 5) is 4.13. The van der Waals surface area contributed by atoms with Gasteiger partial charge in [-0.15, -0.1) is 0 Å². The molecule has 0 saturated heterocycles. The smallest absolute Gasteiger partial charge is 0.240 e. The second-order valence-corrected chi connectivity index (χ2v) is 3.17. The number of hydrogen-bond donors (Lipinski definition) is 1. The average Bonchev–Trinajstić information content (AvgIpc) is 2.79. The molecule has 1 aromatic carbocycles. The van der Waals surface area contributed by atoms with Crippen LogP contribution in [0.4, 0.5) is 0 Å². The molecule has 16 heavy (non-hydrogen) atoms. The highest BCUT2D eigenvalue weighted by Crippen LogP contribution is 2.19. The Hall–Kier alpha value is -1.88. The Morgan fingerprint density at radius 1 is 1.31 bits per heavy atom. The summed E-state index contributed by atoms with van der Waals surface area (Å²) < 4.78 is 10.3. The van der Waals surface area contributed by atoms with Crippen molar-refractivity contribution < 1.29 is 9.26 Å². The van der Waals surface area contributed by atoms with E-state index >= 15 is 0 Å². The maximum atomic E-state index is 5.39. The zero-order chi connectivity index (χ0) is 11.4. The molecule has 5 heteroatoms. The molecule has 0 bridgehead atoms. The number of nitrogens with two attached hydrogens (primary N) is 1. The summed E-state index contributed by atoms with van der Waals surface area (Å²) >= 11 is 0. The highest BCUT2D eigenvalue weighted by atomic mass is 16.5. The molecule has 0 spiro atoms. The largest absolute Gasteiger partial charge is 0.494 e. The average molecular weight is 219 g/mol. The molecule has 0 aliphatic heterocycles. The lowest BCUT2D eigenvalue weighted by Gasteiger charge is -2.02. The van der Waals surface area contributed by atoms with Crippen molar-refractivity contribution in [3.05, 3.63) is 30.2 Å². The molecule has 0 radical (unpaired) electrons. The highest BCUT2D eigenvalue weighted by molar-refractivity contribution is 5.55. The van der Waals surface area contributed by atoms with Crippen molar-refractivity contribution in [2.24, 2.45) is 5.73 Å². The summed E-state index contributed by atoms with van der Waals surface area (Å²) in [5.74, 6) is 1.81. The minimum absolute atomic E-state index is 0.254. The Bertz CT molecular complexity index is 451. The molecule has 0 atom stereocenters.